The summed E-state index contributed by atoms with van der Waals surface area (Å²) in [5, 5.41) is 11.7. The molecule has 1 aromatic rings. The van der Waals surface area contributed by atoms with Crippen LogP contribution >= 0.6 is 0 Å². The van der Waals surface area contributed by atoms with Crippen molar-refractivity contribution in [3.05, 3.63) is 29.3 Å². The van der Waals surface area contributed by atoms with Crippen LogP contribution in [0, 0.1) is 34.6 Å². The van der Waals surface area contributed by atoms with E-state index < -0.39 is 47.1 Å². The molecule has 0 saturated heterocycles. The van der Waals surface area contributed by atoms with Crippen LogP contribution in [0.3, 0.4) is 0 Å². The third-order valence-electron chi connectivity index (χ3n) is 3.72. The van der Waals surface area contributed by atoms with Crippen LogP contribution in [-0.4, -0.2) is 18.1 Å². The highest BCUT2D eigenvalue weighted by Gasteiger charge is 2.33. The van der Waals surface area contributed by atoms with Crippen LogP contribution in [-0.2, 0) is 4.79 Å². The first-order chi connectivity index (χ1) is 10.9. The number of carbonyl (C=O) groups excluding carboxylic acids is 1. The number of rotatable bonds is 4. The lowest BCUT2D eigenvalue weighted by Crippen LogP contribution is -2.50. The van der Waals surface area contributed by atoms with Crippen molar-refractivity contribution < 1.29 is 27.1 Å². The third-order valence-corrected chi connectivity index (χ3v) is 3.72. The summed E-state index contributed by atoms with van der Waals surface area (Å²) >= 11 is 0. The largest absolute Gasteiger partial charge is 0.477 e. The van der Waals surface area contributed by atoms with Crippen LogP contribution in [0.4, 0.5) is 17.6 Å². The van der Waals surface area contributed by atoms with E-state index in [2.05, 4.69) is 10.1 Å². The molecule has 1 saturated carbocycles. The first-order valence-corrected chi connectivity index (χ1v) is 7.06. The van der Waals surface area contributed by atoms with Crippen LogP contribution in [0.5, 0.6) is 5.75 Å². The summed E-state index contributed by atoms with van der Waals surface area (Å²) < 4.78 is 57.4. The SMILES string of the molecule is N#CC1(NC(=O)COc2c(F)c(F)cc(F)c2F)CCCCC1. The summed E-state index contributed by atoms with van der Waals surface area (Å²) in [6.07, 6.45) is 3.42. The molecule has 1 N–H and O–H groups in total. The third kappa shape index (κ3) is 3.73. The number of carbonyl (C=O) groups is 1. The molecule has 2 rings (SSSR count). The number of amides is 1. The predicted molar refractivity (Wildman–Crippen MR) is 71.3 cm³/mol. The van der Waals surface area contributed by atoms with Crippen LogP contribution in [0.2, 0.25) is 0 Å². The molecule has 0 bridgehead atoms. The second kappa shape index (κ2) is 6.86. The smallest absolute Gasteiger partial charge is 0.259 e. The van der Waals surface area contributed by atoms with Gasteiger partial charge in [-0.05, 0) is 12.8 Å². The van der Waals surface area contributed by atoms with E-state index in [0.29, 0.717) is 12.8 Å². The number of hydrogen-bond acceptors (Lipinski definition) is 3. The number of nitriles is 1. The molecule has 0 radical (unpaired) electrons. The highest BCUT2D eigenvalue weighted by Crippen LogP contribution is 2.28. The zero-order valence-corrected chi connectivity index (χ0v) is 12.1. The maximum atomic E-state index is 13.4. The van der Waals surface area contributed by atoms with E-state index in [9.17, 15) is 27.6 Å². The lowest BCUT2D eigenvalue weighted by Gasteiger charge is -2.31. The van der Waals surface area contributed by atoms with Gasteiger partial charge in [0.25, 0.3) is 5.91 Å². The minimum absolute atomic E-state index is 0.0459. The van der Waals surface area contributed by atoms with Crippen molar-refractivity contribution in [3.63, 3.8) is 0 Å². The maximum absolute atomic E-state index is 13.4. The van der Waals surface area contributed by atoms with Gasteiger partial charge in [0.1, 0.15) is 5.54 Å². The van der Waals surface area contributed by atoms with Crippen LogP contribution in [0.15, 0.2) is 6.07 Å². The molecule has 124 valence electrons. The van der Waals surface area contributed by atoms with E-state index in [1.165, 1.54) is 0 Å². The van der Waals surface area contributed by atoms with Gasteiger partial charge in [-0.25, -0.2) is 8.78 Å². The second-order valence-corrected chi connectivity index (χ2v) is 5.39. The highest BCUT2D eigenvalue weighted by atomic mass is 19.2. The average molecular weight is 330 g/mol. The summed E-state index contributed by atoms with van der Waals surface area (Å²) in [6, 6.07) is 2.08. The van der Waals surface area contributed by atoms with Crippen molar-refractivity contribution in [3.8, 4) is 11.8 Å². The molecule has 4 nitrogen and oxygen atoms in total. The van der Waals surface area contributed by atoms with E-state index in [1.807, 2.05) is 6.07 Å². The maximum Gasteiger partial charge on any atom is 0.259 e. The Balaban J connectivity index is 2.04. The van der Waals surface area contributed by atoms with E-state index in [1.54, 1.807) is 0 Å². The summed E-state index contributed by atoms with van der Waals surface area (Å²) in [4.78, 5) is 11.8. The van der Waals surface area contributed by atoms with E-state index >= 15 is 0 Å². The molecule has 0 aromatic heterocycles. The van der Waals surface area contributed by atoms with Gasteiger partial charge in [-0.1, -0.05) is 19.3 Å². The molecule has 8 heteroatoms. The topological polar surface area (TPSA) is 62.1 Å². The van der Waals surface area contributed by atoms with Crippen LogP contribution < -0.4 is 10.1 Å². The number of nitrogens with one attached hydrogen (secondary N) is 1. The number of nitrogens with zero attached hydrogens (tertiary/aromatic N) is 1. The van der Waals surface area contributed by atoms with Gasteiger partial charge in [0, 0.05) is 6.07 Å². The van der Waals surface area contributed by atoms with Gasteiger partial charge in [-0.2, -0.15) is 14.0 Å². The molecular formula is C15H14F4N2O2. The van der Waals surface area contributed by atoms with Gasteiger partial charge in [-0.15, -0.1) is 0 Å². The van der Waals surface area contributed by atoms with Crippen molar-refractivity contribution in [2.75, 3.05) is 6.61 Å². The lowest BCUT2D eigenvalue weighted by molar-refractivity contribution is -0.124. The fourth-order valence-electron chi connectivity index (χ4n) is 2.54. The van der Waals surface area contributed by atoms with Gasteiger partial charge in [0.2, 0.25) is 11.6 Å². The molecule has 1 aliphatic rings. The summed E-state index contributed by atoms with van der Waals surface area (Å²) in [7, 11) is 0. The minimum Gasteiger partial charge on any atom is -0.477 e. The van der Waals surface area contributed by atoms with E-state index in [-0.39, 0.29) is 6.07 Å². The quantitative estimate of drug-likeness (QED) is 0.682. The fourth-order valence-corrected chi connectivity index (χ4v) is 2.54. The Kier molecular flexibility index (Phi) is 5.08. The van der Waals surface area contributed by atoms with Crippen molar-refractivity contribution >= 4 is 5.91 Å². The van der Waals surface area contributed by atoms with Crippen LogP contribution in [0.25, 0.3) is 0 Å². The molecule has 1 aromatic carbocycles. The highest BCUT2D eigenvalue weighted by molar-refractivity contribution is 5.78. The van der Waals surface area contributed by atoms with Gasteiger partial charge in [0.05, 0.1) is 6.07 Å². The van der Waals surface area contributed by atoms with E-state index in [4.69, 9.17) is 0 Å². The van der Waals surface area contributed by atoms with Gasteiger partial charge in [0.15, 0.2) is 24.0 Å². The molecule has 0 aliphatic heterocycles. The second-order valence-electron chi connectivity index (χ2n) is 5.39. The van der Waals surface area contributed by atoms with Crippen molar-refractivity contribution in [1.82, 2.24) is 5.32 Å². The Bertz CT molecular complexity index is 626. The summed E-state index contributed by atoms with van der Waals surface area (Å²) in [6.45, 7) is -0.861. The van der Waals surface area contributed by atoms with Gasteiger partial charge >= 0.3 is 0 Å². The Morgan fingerprint density at radius 2 is 1.74 bits per heavy atom. The lowest BCUT2D eigenvalue weighted by atomic mass is 9.83. The molecule has 1 amide bonds. The Morgan fingerprint density at radius 3 is 2.26 bits per heavy atom. The molecule has 0 unspecified atom stereocenters. The van der Waals surface area contributed by atoms with E-state index in [0.717, 1.165) is 19.3 Å². The average Bonchev–Trinajstić information content (AvgIpc) is 2.54. The molecule has 1 fully saturated rings. The molecule has 1 aliphatic carbocycles. The predicted octanol–water partition coefficient (Wildman–Crippen LogP) is 2.96. The monoisotopic (exact) mass is 330 g/mol. The Labute approximate surface area is 130 Å². The van der Waals surface area contributed by atoms with Crippen molar-refractivity contribution in [1.29, 1.82) is 5.26 Å². The van der Waals surface area contributed by atoms with Gasteiger partial charge in [-0.3, -0.25) is 4.79 Å². The molecular weight excluding hydrogens is 316 g/mol. The standard InChI is InChI=1S/C15H14F4N2O2/c16-9-6-10(17)13(19)14(12(9)18)23-7-11(22)21-15(8-20)4-2-1-3-5-15/h6H,1-5,7H2,(H,21,22). The van der Waals surface area contributed by atoms with Gasteiger partial charge < -0.3 is 10.1 Å². The number of ether oxygens (including phenoxy) is 1. The Hall–Kier alpha value is -2.30. The van der Waals surface area contributed by atoms with Crippen molar-refractivity contribution in [2.24, 2.45) is 0 Å². The number of hydrogen-bond donors (Lipinski definition) is 1. The summed E-state index contributed by atoms with van der Waals surface area (Å²) in [5.74, 6) is -8.78. The van der Waals surface area contributed by atoms with Crippen LogP contribution in [0.1, 0.15) is 32.1 Å². The van der Waals surface area contributed by atoms with Crippen molar-refractivity contribution in [2.45, 2.75) is 37.6 Å². The number of benzene rings is 1. The first kappa shape index (κ1) is 17.1. The fraction of sp³-hybridized carbons (Fsp3) is 0.467. The number of halogens is 4. The molecule has 0 heterocycles. The first-order valence-electron chi connectivity index (χ1n) is 7.06. The Morgan fingerprint density at radius 1 is 1.17 bits per heavy atom. The molecule has 0 spiro atoms. The normalized spacial score (nSPS) is 16.5. The minimum atomic E-state index is -1.72. The summed E-state index contributed by atoms with van der Waals surface area (Å²) in [5.41, 5.74) is -1.04. The molecule has 23 heavy (non-hydrogen) atoms. The molecule has 0 atom stereocenters. The zero-order chi connectivity index (χ0) is 17.0. The zero-order valence-electron chi connectivity index (χ0n) is 12.1.